The highest BCUT2D eigenvalue weighted by atomic mass is 32.2. The maximum absolute atomic E-state index is 12.6. The number of carbonyl (C=O) groups excluding carboxylic acids is 1. The number of nitrogens with one attached hydrogen (secondary N) is 1. The van der Waals surface area contributed by atoms with Crippen LogP contribution in [0.4, 0.5) is 5.69 Å². The highest BCUT2D eigenvalue weighted by Gasteiger charge is 2.18. The van der Waals surface area contributed by atoms with Crippen LogP contribution < -0.4 is 9.46 Å². The number of hydrogen-bond acceptors (Lipinski definition) is 4. The lowest BCUT2D eigenvalue weighted by atomic mass is 10.1. The van der Waals surface area contributed by atoms with E-state index in [1.807, 2.05) is 11.8 Å². The second-order valence-electron chi connectivity index (χ2n) is 6.89. The van der Waals surface area contributed by atoms with E-state index in [1.54, 1.807) is 36.4 Å². The molecule has 1 N–H and O–H groups in total. The predicted octanol–water partition coefficient (Wildman–Crippen LogP) is 3.44. The second-order valence-corrected chi connectivity index (χ2v) is 8.57. The van der Waals surface area contributed by atoms with Gasteiger partial charge in [0.05, 0.1) is 17.9 Å². The largest absolute Gasteiger partial charge is 0.494 e. The Morgan fingerprint density at radius 3 is 2.29 bits per heavy atom. The predicted molar refractivity (Wildman–Crippen MR) is 109 cm³/mol. The number of amides is 1. The normalized spacial score (nSPS) is 14.1. The lowest BCUT2D eigenvalue weighted by molar-refractivity contribution is -0.129. The minimum atomic E-state index is -3.68. The number of carbonyl (C=O) groups is 1. The van der Waals surface area contributed by atoms with E-state index in [2.05, 4.69) is 4.72 Å². The Balaban J connectivity index is 1.61. The summed E-state index contributed by atoms with van der Waals surface area (Å²) in [7, 11) is -3.68. The monoisotopic (exact) mass is 402 g/mol. The van der Waals surface area contributed by atoms with Gasteiger partial charge < -0.3 is 9.64 Å². The van der Waals surface area contributed by atoms with E-state index in [0.717, 1.165) is 37.9 Å². The number of benzene rings is 2. The molecule has 1 heterocycles. The molecule has 150 valence electrons. The van der Waals surface area contributed by atoms with Crippen molar-refractivity contribution in [1.29, 1.82) is 0 Å². The van der Waals surface area contributed by atoms with Crippen molar-refractivity contribution in [3.8, 4) is 5.75 Å². The zero-order valence-electron chi connectivity index (χ0n) is 16.1. The van der Waals surface area contributed by atoms with Gasteiger partial charge in [-0.1, -0.05) is 19.1 Å². The average molecular weight is 403 g/mol. The van der Waals surface area contributed by atoms with Crippen molar-refractivity contribution in [2.24, 2.45) is 0 Å². The minimum Gasteiger partial charge on any atom is -0.494 e. The van der Waals surface area contributed by atoms with Gasteiger partial charge in [-0.15, -0.1) is 0 Å². The topological polar surface area (TPSA) is 75.7 Å². The van der Waals surface area contributed by atoms with Crippen LogP contribution in [0.5, 0.6) is 5.75 Å². The van der Waals surface area contributed by atoms with Gasteiger partial charge in [-0.2, -0.15) is 0 Å². The third-order valence-corrected chi connectivity index (χ3v) is 6.02. The molecule has 1 saturated heterocycles. The fourth-order valence-corrected chi connectivity index (χ4v) is 4.15. The molecule has 2 aromatic rings. The minimum absolute atomic E-state index is 0.121. The molecule has 1 fully saturated rings. The van der Waals surface area contributed by atoms with Crippen LogP contribution in [0.3, 0.4) is 0 Å². The van der Waals surface area contributed by atoms with E-state index in [0.29, 0.717) is 24.5 Å². The van der Waals surface area contributed by atoms with Crippen LogP contribution in [0.15, 0.2) is 53.4 Å². The Labute approximate surface area is 166 Å². The molecular formula is C21H26N2O4S. The quantitative estimate of drug-likeness (QED) is 0.734. The second kappa shape index (κ2) is 9.10. The van der Waals surface area contributed by atoms with Crippen molar-refractivity contribution in [1.82, 2.24) is 4.90 Å². The molecule has 0 radical (unpaired) electrons. The van der Waals surface area contributed by atoms with Crippen LogP contribution in [-0.4, -0.2) is 38.9 Å². The number of hydrogen-bond donors (Lipinski definition) is 1. The van der Waals surface area contributed by atoms with Gasteiger partial charge in [0.2, 0.25) is 5.91 Å². The van der Waals surface area contributed by atoms with Gasteiger partial charge in [0, 0.05) is 18.8 Å². The number of anilines is 1. The van der Waals surface area contributed by atoms with Crippen LogP contribution in [0.1, 0.15) is 31.7 Å². The first-order chi connectivity index (χ1) is 13.5. The van der Waals surface area contributed by atoms with E-state index in [-0.39, 0.29) is 10.8 Å². The van der Waals surface area contributed by atoms with E-state index < -0.39 is 10.0 Å². The average Bonchev–Trinajstić information content (AvgIpc) is 3.23. The van der Waals surface area contributed by atoms with Crippen LogP contribution in [0.25, 0.3) is 0 Å². The first-order valence-corrected chi connectivity index (χ1v) is 11.1. The Morgan fingerprint density at radius 2 is 1.68 bits per heavy atom. The highest BCUT2D eigenvalue weighted by molar-refractivity contribution is 7.92. The number of rotatable bonds is 8. The van der Waals surface area contributed by atoms with Crippen LogP contribution in [0.2, 0.25) is 0 Å². The lowest BCUT2D eigenvalue weighted by Crippen LogP contribution is -2.29. The fraction of sp³-hybridized carbons (Fsp3) is 0.381. The lowest BCUT2D eigenvalue weighted by Gasteiger charge is -2.15. The van der Waals surface area contributed by atoms with Crippen LogP contribution in [0, 0.1) is 0 Å². The summed E-state index contributed by atoms with van der Waals surface area (Å²) in [5.74, 6) is 0.768. The van der Waals surface area contributed by atoms with Crippen molar-refractivity contribution < 1.29 is 17.9 Å². The van der Waals surface area contributed by atoms with Crippen molar-refractivity contribution in [3.05, 3.63) is 54.1 Å². The smallest absolute Gasteiger partial charge is 0.261 e. The highest BCUT2D eigenvalue weighted by Crippen LogP contribution is 2.20. The summed E-state index contributed by atoms with van der Waals surface area (Å²) in [5, 5.41) is 0. The molecule has 1 amide bonds. The van der Waals surface area contributed by atoms with Gasteiger partial charge in [0.25, 0.3) is 10.0 Å². The van der Waals surface area contributed by atoms with E-state index in [1.165, 1.54) is 12.1 Å². The van der Waals surface area contributed by atoms with Crippen LogP contribution >= 0.6 is 0 Å². The molecule has 1 aliphatic heterocycles. The fourth-order valence-electron chi connectivity index (χ4n) is 3.09. The van der Waals surface area contributed by atoms with E-state index in [9.17, 15) is 13.2 Å². The van der Waals surface area contributed by atoms with Gasteiger partial charge in [-0.05, 0) is 61.2 Å². The standard InChI is InChI=1S/C21H26N2O4S/c1-2-15-27-19-9-11-20(12-10-19)28(25,26)22-18-7-5-17(6-8-18)16-21(24)23-13-3-4-14-23/h5-12,22H,2-4,13-16H2,1H3. The molecule has 0 spiro atoms. The van der Waals surface area contributed by atoms with Gasteiger partial charge >= 0.3 is 0 Å². The SMILES string of the molecule is CCCOc1ccc(S(=O)(=O)Nc2ccc(CC(=O)N3CCCC3)cc2)cc1. The summed E-state index contributed by atoms with van der Waals surface area (Å²) in [6.07, 6.45) is 3.36. The molecule has 0 atom stereocenters. The van der Waals surface area contributed by atoms with Crippen molar-refractivity contribution in [2.45, 2.75) is 37.5 Å². The van der Waals surface area contributed by atoms with Crippen molar-refractivity contribution in [2.75, 3.05) is 24.4 Å². The third-order valence-electron chi connectivity index (χ3n) is 4.63. The van der Waals surface area contributed by atoms with Gasteiger partial charge in [-0.3, -0.25) is 9.52 Å². The first-order valence-electron chi connectivity index (χ1n) is 9.60. The number of sulfonamides is 1. The maximum Gasteiger partial charge on any atom is 0.261 e. The number of nitrogens with zero attached hydrogens (tertiary/aromatic N) is 1. The molecular weight excluding hydrogens is 376 g/mol. The van der Waals surface area contributed by atoms with Gasteiger partial charge in [-0.25, -0.2) is 8.42 Å². The summed E-state index contributed by atoms with van der Waals surface area (Å²) < 4.78 is 33.1. The first kappa shape index (κ1) is 20.2. The Kier molecular flexibility index (Phi) is 6.57. The summed E-state index contributed by atoms with van der Waals surface area (Å²) in [6.45, 7) is 4.27. The third kappa shape index (κ3) is 5.25. The zero-order chi connectivity index (χ0) is 20.0. The molecule has 1 aliphatic rings. The molecule has 0 aromatic heterocycles. The molecule has 0 bridgehead atoms. The summed E-state index contributed by atoms with van der Waals surface area (Å²) in [6, 6.07) is 13.3. The summed E-state index contributed by atoms with van der Waals surface area (Å²) >= 11 is 0. The Hall–Kier alpha value is -2.54. The molecule has 0 unspecified atom stereocenters. The molecule has 0 saturated carbocycles. The molecule has 2 aromatic carbocycles. The van der Waals surface area contributed by atoms with Crippen molar-refractivity contribution >= 4 is 21.6 Å². The Morgan fingerprint density at radius 1 is 1.04 bits per heavy atom. The zero-order valence-corrected chi connectivity index (χ0v) is 16.9. The van der Waals surface area contributed by atoms with E-state index >= 15 is 0 Å². The summed E-state index contributed by atoms with van der Waals surface area (Å²) in [4.78, 5) is 14.3. The van der Waals surface area contributed by atoms with Gasteiger partial charge in [0.15, 0.2) is 0 Å². The molecule has 0 aliphatic carbocycles. The van der Waals surface area contributed by atoms with E-state index in [4.69, 9.17) is 4.74 Å². The molecule has 28 heavy (non-hydrogen) atoms. The van der Waals surface area contributed by atoms with Crippen molar-refractivity contribution in [3.63, 3.8) is 0 Å². The molecule has 7 heteroatoms. The molecule has 3 rings (SSSR count). The van der Waals surface area contributed by atoms with Gasteiger partial charge in [0.1, 0.15) is 5.75 Å². The molecule has 6 nitrogen and oxygen atoms in total. The Bertz CT molecular complexity index is 887. The summed E-state index contributed by atoms with van der Waals surface area (Å²) in [5.41, 5.74) is 1.33. The maximum atomic E-state index is 12.6. The number of ether oxygens (including phenoxy) is 1. The number of likely N-dealkylation sites (tertiary alicyclic amines) is 1. The van der Waals surface area contributed by atoms with Crippen LogP contribution in [-0.2, 0) is 21.2 Å².